The fourth-order valence-electron chi connectivity index (χ4n) is 4.62. The number of hydrogen-bond donors (Lipinski definition) is 0. The van der Waals surface area contributed by atoms with E-state index in [1.807, 2.05) is 10.6 Å². The molecule has 0 bridgehead atoms. The van der Waals surface area contributed by atoms with Gasteiger partial charge in [-0.3, -0.25) is 4.79 Å². The average Bonchev–Trinajstić information content (AvgIpc) is 3.57. The number of rotatable bonds is 6. The number of aromatic nitrogens is 1. The number of nitrogens with zero attached hydrogens (tertiary/aromatic N) is 4. The molecule has 9 heteroatoms. The second-order valence-corrected chi connectivity index (χ2v) is 9.57. The van der Waals surface area contributed by atoms with Crippen molar-refractivity contribution in [2.75, 3.05) is 13.7 Å². The number of esters is 1. The van der Waals surface area contributed by atoms with Crippen molar-refractivity contribution in [1.82, 2.24) is 4.57 Å². The molecule has 170 valence electrons. The Bertz CT molecular complexity index is 1370. The Hall–Kier alpha value is -3.29. The maximum absolute atomic E-state index is 13.2. The molecule has 2 aliphatic rings. The summed E-state index contributed by atoms with van der Waals surface area (Å²) in [6, 6.07) is 6.06. The Morgan fingerprint density at radius 2 is 2.15 bits per heavy atom. The molecular weight excluding hydrogens is 440 g/mol. The Morgan fingerprint density at radius 1 is 1.33 bits per heavy atom. The van der Waals surface area contributed by atoms with Gasteiger partial charge < -0.3 is 14.0 Å². The molecule has 2 heterocycles. The molecular formula is C24H24N4O4S. The lowest BCUT2D eigenvalue weighted by molar-refractivity contribution is 0.0524. The maximum Gasteiger partial charge on any atom is 0.343 e. The fraction of sp³-hybridized carbons (Fsp3) is 0.417. The van der Waals surface area contributed by atoms with Crippen LogP contribution in [0.5, 0.6) is 5.75 Å². The second-order valence-electron chi connectivity index (χ2n) is 8.43. The zero-order chi connectivity index (χ0) is 23.1. The summed E-state index contributed by atoms with van der Waals surface area (Å²) in [6.07, 6.45) is 6.08. The molecule has 5 rings (SSSR count). The molecule has 0 amide bonds. The van der Waals surface area contributed by atoms with E-state index in [9.17, 15) is 9.59 Å². The van der Waals surface area contributed by atoms with Gasteiger partial charge in [-0.2, -0.15) is 0 Å². The summed E-state index contributed by atoms with van der Waals surface area (Å²) < 4.78 is 13.0. The number of methoxy groups -OCH3 is 1. The van der Waals surface area contributed by atoms with Crippen LogP contribution < -0.4 is 10.2 Å². The van der Waals surface area contributed by atoms with Crippen LogP contribution >= 0.6 is 11.3 Å². The monoisotopic (exact) mass is 464 g/mol. The minimum atomic E-state index is -0.595. The first-order valence-corrected chi connectivity index (χ1v) is 12.0. The maximum atomic E-state index is 13.2. The van der Waals surface area contributed by atoms with E-state index in [0.717, 1.165) is 42.5 Å². The molecule has 3 aromatic rings. The molecule has 0 N–H and O–H groups in total. The van der Waals surface area contributed by atoms with Gasteiger partial charge in [0.1, 0.15) is 5.56 Å². The Labute approximate surface area is 194 Å². The van der Waals surface area contributed by atoms with Crippen LogP contribution in [0.15, 0.2) is 34.3 Å². The van der Waals surface area contributed by atoms with E-state index < -0.39 is 5.97 Å². The summed E-state index contributed by atoms with van der Waals surface area (Å²) in [4.78, 5) is 31.0. The fourth-order valence-corrected chi connectivity index (χ4v) is 5.85. The average molecular weight is 465 g/mol. The molecule has 0 spiro atoms. The Kier molecular flexibility index (Phi) is 5.60. The largest absolute Gasteiger partial charge is 0.494 e. The molecule has 1 unspecified atom stereocenters. The minimum absolute atomic E-state index is 0.00945. The van der Waals surface area contributed by atoms with Crippen LogP contribution in [-0.2, 0) is 17.6 Å². The van der Waals surface area contributed by atoms with Crippen molar-refractivity contribution in [3.05, 3.63) is 61.1 Å². The van der Waals surface area contributed by atoms with Crippen molar-refractivity contribution in [2.24, 2.45) is 5.11 Å². The molecule has 1 saturated carbocycles. The number of azide groups is 1. The van der Waals surface area contributed by atoms with Crippen LogP contribution in [-0.4, -0.2) is 30.3 Å². The summed E-state index contributed by atoms with van der Waals surface area (Å²) in [5.41, 5.74) is 11.3. The number of pyridine rings is 1. The highest BCUT2D eigenvalue weighted by molar-refractivity contribution is 7.15. The molecule has 0 aliphatic heterocycles. The van der Waals surface area contributed by atoms with E-state index in [1.165, 1.54) is 10.4 Å². The van der Waals surface area contributed by atoms with Crippen molar-refractivity contribution < 1.29 is 14.3 Å². The summed E-state index contributed by atoms with van der Waals surface area (Å²) >= 11 is 1.72. The number of thiophene rings is 1. The van der Waals surface area contributed by atoms with E-state index in [1.54, 1.807) is 37.6 Å². The molecule has 2 aliphatic carbocycles. The summed E-state index contributed by atoms with van der Waals surface area (Å²) in [6.45, 7) is 1.94. The number of benzene rings is 1. The van der Waals surface area contributed by atoms with Crippen molar-refractivity contribution >= 4 is 28.2 Å². The highest BCUT2D eigenvalue weighted by Gasteiger charge is 2.30. The van der Waals surface area contributed by atoms with Crippen LogP contribution in [0, 0.1) is 0 Å². The van der Waals surface area contributed by atoms with Crippen molar-refractivity contribution in [1.29, 1.82) is 0 Å². The van der Waals surface area contributed by atoms with Gasteiger partial charge in [0.05, 0.1) is 24.6 Å². The van der Waals surface area contributed by atoms with Gasteiger partial charge in [0.25, 0.3) is 0 Å². The number of hydrogen-bond acceptors (Lipinski definition) is 6. The van der Waals surface area contributed by atoms with Gasteiger partial charge >= 0.3 is 5.97 Å². The van der Waals surface area contributed by atoms with E-state index in [4.69, 9.17) is 15.0 Å². The molecule has 1 aromatic carbocycles. The van der Waals surface area contributed by atoms with E-state index >= 15 is 0 Å². The smallest absolute Gasteiger partial charge is 0.343 e. The van der Waals surface area contributed by atoms with Gasteiger partial charge in [-0.15, -0.1) is 11.3 Å². The van der Waals surface area contributed by atoms with E-state index in [0.29, 0.717) is 16.7 Å². The SMILES string of the molecule is CCOC(=O)c1cn(C2CC2)c2c(OC)c(-c3cc4c(s3)CCC(N=[N+]=[N-])C4)ccc2c1=O. The van der Waals surface area contributed by atoms with Crippen LogP contribution in [0.2, 0.25) is 0 Å². The highest BCUT2D eigenvalue weighted by atomic mass is 32.1. The summed E-state index contributed by atoms with van der Waals surface area (Å²) in [7, 11) is 1.62. The van der Waals surface area contributed by atoms with Crippen LogP contribution in [0.25, 0.3) is 31.8 Å². The van der Waals surface area contributed by atoms with Gasteiger partial charge in [-0.25, -0.2) is 4.79 Å². The number of carbonyl (C=O) groups excluding carboxylic acids is 1. The third kappa shape index (κ3) is 3.77. The Balaban J connectivity index is 1.68. The topological polar surface area (TPSA) is 106 Å². The van der Waals surface area contributed by atoms with Gasteiger partial charge in [0.2, 0.25) is 5.43 Å². The number of ether oxygens (including phenoxy) is 2. The zero-order valence-electron chi connectivity index (χ0n) is 18.5. The van der Waals surface area contributed by atoms with Gasteiger partial charge in [-0.05, 0) is 68.3 Å². The van der Waals surface area contributed by atoms with E-state index in [2.05, 4.69) is 16.1 Å². The Morgan fingerprint density at radius 3 is 2.85 bits per heavy atom. The normalized spacial score (nSPS) is 17.3. The number of aryl methyl sites for hydroxylation is 1. The van der Waals surface area contributed by atoms with Crippen LogP contribution in [0.1, 0.15) is 53.0 Å². The predicted molar refractivity (Wildman–Crippen MR) is 127 cm³/mol. The third-order valence-electron chi connectivity index (χ3n) is 6.32. The molecule has 33 heavy (non-hydrogen) atoms. The zero-order valence-corrected chi connectivity index (χ0v) is 19.4. The standard InChI is InChI=1S/C24H24N4O4S/c1-3-32-24(30)18-12-28(15-5-6-15)21-17(22(18)29)8-7-16(23(21)31-2)20-11-13-10-14(26-27-25)4-9-19(13)33-20/h7-8,11-12,14-15H,3-6,9-10H2,1-2H3. The van der Waals surface area contributed by atoms with Gasteiger partial charge in [0.15, 0.2) is 5.75 Å². The summed E-state index contributed by atoms with van der Waals surface area (Å²) in [5, 5.41) is 4.36. The van der Waals surface area contributed by atoms with E-state index in [-0.39, 0.29) is 29.7 Å². The molecule has 0 saturated heterocycles. The molecule has 2 aromatic heterocycles. The molecule has 8 nitrogen and oxygen atoms in total. The molecule has 0 radical (unpaired) electrons. The van der Waals surface area contributed by atoms with Crippen LogP contribution in [0.4, 0.5) is 0 Å². The van der Waals surface area contributed by atoms with Crippen molar-refractivity contribution in [3.8, 4) is 16.2 Å². The lowest BCUT2D eigenvalue weighted by atomic mass is 9.94. The quantitative estimate of drug-likeness (QED) is 0.210. The first kappa shape index (κ1) is 21.6. The minimum Gasteiger partial charge on any atom is -0.494 e. The first-order valence-electron chi connectivity index (χ1n) is 11.1. The van der Waals surface area contributed by atoms with Gasteiger partial charge in [-0.1, -0.05) is 5.11 Å². The lowest BCUT2D eigenvalue weighted by Gasteiger charge is -2.17. The second kappa shape index (κ2) is 8.57. The predicted octanol–water partition coefficient (Wildman–Crippen LogP) is 5.42. The van der Waals surface area contributed by atoms with Crippen molar-refractivity contribution in [3.63, 3.8) is 0 Å². The number of fused-ring (bicyclic) bond motifs is 2. The van der Waals surface area contributed by atoms with Crippen LogP contribution in [0.3, 0.4) is 0 Å². The van der Waals surface area contributed by atoms with Gasteiger partial charge in [0, 0.05) is 38.5 Å². The molecule has 1 fully saturated rings. The number of carbonyl (C=O) groups is 1. The first-order chi connectivity index (χ1) is 16.0. The highest BCUT2D eigenvalue weighted by Crippen LogP contribution is 2.45. The third-order valence-corrected chi connectivity index (χ3v) is 7.59. The van der Waals surface area contributed by atoms with Crippen molar-refractivity contribution in [2.45, 2.75) is 51.1 Å². The summed E-state index contributed by atoms with van der Waals surface area (Å²) in [5.74, 6) is 0.0412. The lowest BCUT2D eigenvalue weighted by Crippen LogP contribution is -2.21. The molecule has 1 atom stereocenters.